The molecule has 0 saturated heterocycles. The quantitative estimate of drug-likeness (QED) is 0.790. The second-order valence-corrected chi connectivity index (χ2v) is 6.73. The van der Waals surface area contributed by atoms with Crippen LogP contribution in [0.25, 0.3) is 0 Å². The lowest BCUT2D eigenvalue weighted by molar-refractivity contribution is 0.0943. The number of carbonyl (C=O) groups is 1. The third-order valence-electron chi connectivity index (χ3n) is 2.43. The average molecular weight is 270 g/mol. The number of nitrogen functional groups attached to an aromatic ring is 1. The Bertz CT molecular complexity index is 552. The Labute approximate surface area is 107 Å². The summed E-state index contributed by atoms with van der Waals surface area (Å²) < 4.78 is 22.2. The summed E-state index contributed by atoms with van der Waals surface area (Å²) in [5, 5.41) is 2.65. The molecule has 1 amide bonds. The average Bonchev–Trinajstić information content (AvgIpc) is 2.13. The Balaban J connectivity index is 2.77. The second kappa shape index (κ2) is 5.39. The maximum Gasteiger partial charge on any atom is 0.251 e. The van der Waals surface area contributed by atoms with Gasteiger partial charge in [0.1, 0.15) is 9.84 Å². The van der Waals surface area contributed by atoms with E-state index < -0.39 is 15.9 Å². The minimum atomic E-state index is -3.10. The van der Waals surface area contributed by atoms with Crippen molar-refractivity contribution in [2.75, 3.05) is 17.7 Å². The predicted molar refractivity (Wildman–Crippen MR) is 72.2 cm³/mol. The molecule has 0 aliphatic rings. The fraction of sp³-hybridized carbons (Fsp3) is 0.417. The molecule has 1 unspecified atom stereocenters. The first kappa shape index (κ1) is 14.5. The fourth-order valence-electron chi connectivity index (χ4n) is 1.74. The van der Waals surface area contributed by atoms with E-state index in [9.17, 15) is 13.2 Å². The number of aryl methyl sites for hydroxylation is 1. The SMILES string of the molecule is Cc1cc(N)ccc1C(=O)NC(C)CS(C)(=O)=O. The smallest absolute Gasteiger partial charge is 0.251 e. The van der Waals surface area contributed by atoms with Crippen LogP contribution in [0.2, 0.25) is 0 Å². The molecule has 0 aliphatic carbocycles. The topological polar surface area (TPSA) is 89.3 Å². The fourth-order valence-corrected chi connectivity index (χ4v) is 2.73. The zero-order valence-corrected chi connectivity index (χ0v) is 11.5. The van der Waals surface area contributed by atoms with E-state index in [1.165, 1.54) is 0 Å². The van der Waals surface area contributed by atoms with Crippen molar-refractivity contribution in [1.82, 2.24) is 5.32 Å². The van der Waals surface area contributed by atoms with E-state index in [1.54, 1.807) is 32.0 Å². The van der Waals surface area contributed by atoms with E-state index in [1.807, 2.05) is 0 Å². The summed E-state index contributed by atoms with van der Waals surface area (Å²) in [6.45, 7) is 3.44. The summed E-state index contributed by atoms with van der Waals surface area (Å²) in [7, 11) is -3.10. The van der Waals surface area contributed by atoms with Gasteiger partial charge in [-0.15, -0.1) is 0 Å². The van der Waals surface area contributed by atoms with E-state index in [0.29, 0.717) is 11.3 Å². The highest BCUT2D eigenvalue weighted by molar-refractivity contribution is 7.90. The maximum atomic E-state index is 11.9. The zero-order chi connectivity index (χ0) is 13.9. The van der Waals surface area contributed by atoms with Crippen LogP contribution in [0.5, 0.6) is 0 Å². The Morgan fingerprint density at radius 3 is 2.56 bits per heavy atom. The maximum absolute atomic E-state index is 11.9. The molecule has 1 rings (SSSR count). The molecule has 0 bridgehead atoms. The molecule has 0 spiro atoms. The highest BCUT2D eigenvalue weighted by atomic mass is 32.2. The zero-order valence-electron chi connectivity index (χ0n) is 10.7. The third kappa shape index (κ3) is 4.37. The van der Waals surface area contributed by atoms with Gasteiger partial charge in [-0.2, -0.15) is 0 Å². The minimum Gasteiger partial charge on any atom is -0.399 e. The Kier molecular flexibility index (Phi) is 4.34. The van der Waals surface area contributed by atoms with Crippen molar-refractivity contribution < 1.29 is 13.2 Å². The molecule has 0 heterocycles. The molecule has 6 heteroatoms. The van der Waals surface area contributed by atoms with E-state index in [0.717, 1.165) is 11.8 Å². The highest BCUT2D eigenvalue weighted by Gasteiger charge is 2.15. The van der Waals surface area contributed by atoms with Gasteiger partial charge in [-0.05, 0) is 37.6 Å². The molecule has 3 N–H and O–H groups in total. The molecule has 18 heavy (non-hydrogen) atoms. The third-order valence-corrected chi connectivity index (χ3v) is 3.53. The van der Waals surface area contributed by atoms with Gasteiger partial charge in [0.15, 0.2) is 0 Å². The first-order chi connectivity index (χ1) is 8.19. The monoisotopic (exact) mass is 270 g/mol. The lowest BCUT2D eigenvalue weighted by Gasteiger charge is -2.14. The number of rotatable bonds is 4. The first-order valence-electron chi connectivity index (χ1n) is 5.54. The second-order valence-electron chi connectivity index (χ2n) is 4.54. The number of amides is 1. The van der Waals surface area contributed by atoms with Crippen molar-refractivity contribution >= 4 is 21.4 Å². The molecule has 0 aromatic heterocycles. The Hall–Kier alpha value is -1.56. The van der Waals surface area contributed by atoms with Gasteiger partial charge < -0.3 is 11.1 Å². The number of sulfone groups is 1. The highest BCUT2D eigenvalue weighted by Crippen LogP contribution is 2.12. The van der Waals surface area contributed by atoms with Crippen molar-refractivity contribution in [2.45, 2.75) is 19.9 Å². The van der Waals surface area contributed by atoms with Crippen molar-refractivity contribution in [3.63, 3.8) is 0 Å². The van der Waals surface area contributed by atoms with Crippen LogP contribution in [-0.2, 0) is 9.84 Å². The van der Waals surface area contributed by atoms with Gasteiger partial charge in [0.25, 0.3) is 5.91 Å². The van der Waals surface area contributed by atoms with E-state index >= 15 is 0 Å². The van der Waals surface area contributed by atoms with Crippen LogP contribution in [0.3, 0.4) is 0 Å². The molecule has 1 aromatic carbocycles. The van der Waals surface area contributed by atoms with Crippen molar-refractivity contribution in [2.24, 2.45) is 0 Å². The number of benzene rings is 1. The standard InChI is InChI=1S/C12H18N2O3S/c1-8-6-10(13)4-5-11(8)12(15)14-9(2)7-18(3,16)17/h4-6,9H,7,13H2,1-3H3,(H,14,15). The van der Waals surface area contributed by atoms with Crippen molar-refractivity contribution in [1.29, 1.82) is 0 Å². The molecule has 0 radical (unpaired) electrons. The molecule has 0 saturated carbocycles. The molecule has 0 fully saturated rings. The van der Waals surface area contributed by atoms with Gasteiger partial charge in [-0.1, -0.05) is 0 Å². The van der Waals surface area contributed by atoms with E-state index in [4.69, 9.17) is 5.73 Å². The van der Waals surface area contributed by atoms with Crippen LogP contribution in [-0.4, -0.2) is 32.4 Å². The minimum absolute atomic E-state index is 0.0766. The van der Waals surface area contributed by atoms with Crippen LogP contribution in [0.1, 0.15) is 22.8 Å². The van der Waals surface area contributed by atoms with E-state index in [-0.39, 0.29) is 11.7 Å². The number of hydrogen-bond acceptors (Lipinski definition) is 4. The lowest BCUT2D eigenvalue weighted by Crippen LogP contribution is -2.37. The number of nitrogens with two attached hydrogens (primary N) is 1. The molecule has 5 nitrogen and oxygen atoms in total. The van der Waals surface area contributed by atoms with Crippen LogP contribution >= 0.6 is 0 Å². The number of anilines is 1. The van der Waals surface area contributed by atoms with Crippen molar-refractivity contribution in [3.8, 4) is 0 Å². The van der Waals surface area contributed by atoms with Gasteiger partial charge in [0.05, 0.1) is 5.75 Å². The van der Waals surface area contributed by atoms with Gasteiger partial charge >= 0.3 is 0 Å². The van der Waals surface area contributed by atoms with Gasteiger partial charge in [0.2, 0.25) is 0 Å². The summed E-state index contributed by atoms with van der Waals surface area (Å²) in [5.41, 5.74) is 7.46. The van der Waals surface area contributed by atoms with Crippen LogP contribution in [0.15, 0.2) is 18.2 Å². The molecule has 1 aromatic rings. The molecule has 100 valence electrons. The summed E-state index contributed by atoms with van der Waals surface area (Å²) in [6, 6.07) is 4.55. The van der Waals surface area contributed by atoms with Crippen molar-refractivity contribution in [3.05, 3.63) is 29.3 Å². The first-order valence-corrected chi connectivity index (χ1v) is 7.60. The number of carbonyl (C=O) groups excluding carboxylic acids is 1. The molecule has 1 atom stereocenters. The van der Waals surface area contributed by atoms with Crippen LogP contribution in [0, 0.1) is 6.92 Å². The molecule has 0 aliphatic heterocycles. The van der Waals surface area contributed by atoms with Gasteiger partial charge in [-0.3, -0.25) is 4.79 Å². The number of nitrogens with one attached hydrogen (secondary N) is 1. The normalized spacial score (nSPS) is 13.1. The van der Waals surface area contributed by atoms with Gasteiger partial charge in [-0.25, -0.2) is 8.42 Å². The van der Waals surface area contributed by atoms with Gasteiger partial charge in [0, 0.05) is 23.5 Å². The lowest BCUT2D eigenvalue weighted by atomic mass is 10.1. The van der Waals surface area contributed by atoms with Crippen LogP contribution < -0.4 is 11.1 Å². The largest absolute Gasteiger partial charge is 0.399 e. The summed E-state index contributed by atoms with van der Waals surface area (Å²) in [5.74, 6) is -0.365. The summed E-state index contributed by atoms with van der Waals surface area (Å²) in [4.78, 5) is 11.9. The van der Waals surface area contributed by atoms with Crippen LogP contribution in [0.4, 0.5) is 5.69 Å². The Morgan fingerprint density at radius 1 is 1.44 bits per heavy atom. The Morgan fingerprint density at radius 2 is 2.06 bits per heavy atom. The predicted octanol–water partition coefficient (Wildman–Crippen LogP) is 0.740. The van der Waals surface area contributed by atoms with E-state index in [2.05, 4.69) is 5.32 Å². The number of hydrogen-bond donors (Lipinski definition) is 2. The summed E-state index contributed by atoms with van der Waals surface area (Å²) >= 11 is 0. The molecular weight excluding hydrogens is 252 g/mol. The summed E-state index contributed by atoms with van der Waals surface area (Å²) in [6.07, 6.45) is 1.14. The molecular formula is C12H18N2O3S.